The summed E-state index contributed by atoms with van der Waals surface area (Å²) in [4.78, 5) is 28.4. The number of pyridine rings is 1. The van der Waals surface area contributed by atoms with Gasteiger partial charge in [-0.2, -0.15) is 4.31 Å². The van der Waals surface area contributed by atoms with Gasteiger partial charge < -0.3 is 10.6 Å². The highest BCUT2D eigenvalue weighted by atomic mass is 32.2. The van der Waals surface area contributed by atoms with Crippen molar-refractivity contribution in [2.24, 2.45) is 5.92 Å². The lowest BCUT2D eigenvalue weighted by molar-refractivity contribution is -0.126. The van der Waals surface area contributed by atoms with E-state index in [1.165, 1.54) is 16.4 Å². The Kier molecular flexibility index (Phi) is 7.69. The Labute approximate surface area is 180 Å². The van der Waals surface area contributed by atoms with Crippen molar-refractivity contribution in [1.82, 2.24) is 19.9 Å². The predicted octanol–water partition coefficient (Wildman–Crippen LogP) is 1.44. The molecule has 0 bridgehead atoms. The zero-order valence-corrected chi connectivity index (χ0v) is 17.8. The van der Waals surface area contributed by atoms with Crippen LogP contribution in [0.25, 0.3) is 0 Å². The Balaban J connectivity index is 1.46. The Morgan fingerprint density at radius 2 is 1.94 bits per heavy atom. The van der Waals surface area contributed by atoms with Crippen molar-refractivity contribution < 1.29 is 22.4 Å². The van der Waals surface area contributed by atoms with E-state index < -0.39 is 21.8 Å². The van der Waals surface area contributed by atoms with Crippen LogP contribution in [0.5, 0.6) is 0 Å². The number of piperidine rings is 1. The van der Waals surface area contributed by atoms with Gasteiger partial charge in [0, 0.05) is 45.0 Å². The molecule has 2 heterocycles. The molecule has 1 aromatic carbocycles. The zero-order chi connectivity index (χ0) is 22.3. The standard InChI is InChI=1S/C21H25FN4O4S/c22-18-5-7-19(8-6-18)31(29,30)26-12-2-4-17(15-26)21(28)24-11-9-20(27)25-14-16-3-1-10-23-13-16/h1,3,5-8,10,13,17H,2,4,9,11-12,14-15H2,(H,24,28)(H,25,27)/t17-/m1/s1. The Bertz CT molecular complexity index is 1000. The molecule has 0 radical (unpaired) electrons. The summed E-state index contributed by atoms with van der Waals surface area (Å²) in [6, 6.07) is 8.27. The number of nitrogens with one attached hydrogen (secondary N) is 2. The molecule has 0 spiro atoms. The van der Waals surface area contributed by atoms with Crippen LogP contribution in [0, 0.1) is 11.7 Å². The summed E-state index contributed by atoms with van der Waals surface area (Å²) >= 11 is 0. The van der Waals surface area contributed by atoms with E-state index in [2.05, 4.69) is 15.6 Å². The average Bonchev–Trinajstić information content (AvgIpc) is 2.78. The molecule has 1 atom stereocenters. The van der Waals surface area contributed by atoms with E-state index in [4.69, 9.17) is 0 Å². The number of hydrogen-bond donors (Lipinski definition) is 2. The van der Waals surface area contributed by atoms with E-state index in [0.717, 1.165) is 17.7 Å². The Hall–Kier alpha value is -2.85. The van der Waals surface area contributed by atoms with Crippen LogP contribution < -0.4 is 10.6 Å². The van der Waals surface area contributed by atoms with Crippen molar-refractivity contribution in [2.75, 3.05) is 19.6 Å². The number of rotatable bonds is 8. The molecule has 2 aromatic rings. The number of halogens is 1. The van der Waals surface area contributed by atoms with E-state index in [1.54, 1.807) is 18.5 Å². The first-order chi connectivity index (χ1) is 14.9. The van der Waals surface area contributed by atoms with Gasteiger partial charge in [-0.15, -0.1) is 0 Å². The molecule has 0 saturated carbocycles. The molecule has 2 N–H and O–H groups in total. The number of amides is 2. The van der Waals surface area contributed by atoms with E-state index in [1.807, 2.05) is 6.07 Å². The molecule has 2 amide bonds. The molecule has 0 aliphatic carbocycles. The second kappa shape index (κ2) is 10.5. The second-order valence-corrected chi connectivity index (χ2v) is 9.27. The maximum Gasteiger partial charge on any atom is 0.243 e. The van der Waals surface area contributed by atoms with Crippen LogP contribution >= 0.6 is 0 Å². The highest BCUT2D eigenvalue weighted by Gasteiger charge is 2.33. The average molecular weight is 449 g/mol. The van der Waals surface area contributed by atoms with Gasteiger partial charge in [0.15, 0.2) is 0 Å². The third-order valence-corrected chi connectivity index (χ3v) is 6.95. The second-order valence-electron chi connectivity index (χ2n) is 7.34. The monoisotopic (exact) mass is 448 g/mol. The van der Waals surface area contributed by atoms with E-state index in [0.29, 0.717) is 25.9 Å². The van der Waals surface area contributed by atoms with Crippen LogP contribution in [-0.2, 0) is 26.2 Å². The molecular formula is C21H25FN4O4S. The molecule has 0 unspecified atom stereocenters. The fourth-order valence-corrected chi connectivity index (χ4v) is 4.89. The third-order valence-electron chi connectivity index (χ3n) is 5.07. The first-order valence-electron chi connectivity index (χ1n) is 10.1. The van der Waals surface area contributed by atoms with Crippen molar-refractivity contribution in [3.63, 3.8) is 0 Å². The third kappa shape index (κ3) is 6.31. The van der Waals surface area contributed by atoms with Crippen molar-refractivity contribution in [2.45, 2.75) is 30.7 Å². The summed E-state index contributed by atoms with van der Waals surface area (Å²) in [7, 11) is -3.80. The van der Waals surface area contributed by atoms with Crippen LogP contribution in [-0.4, -0.2) is 49.2 Å². The normalized spacial score (nSPS) is 17.1. The van der Waals surface area contributed by atoms with Gasteiger partial charge in [-0.05, 0) is 48.7 Å². The summed E-state index contributed by atoms with van der Waals surface area (Å²) in [6.07, 6.45) is 4.55. The fraction of sp³-hybridized carbons (Fsp3) is 0.381. The highest BCUT2D eigenvalue weighted by Crippen LogP contribution is 2.24. The fourth-order valence-electron chi connectivity index (χ4n) is 3.37. The molecule has 1 aromatic heterocycles. The maximum absolute atomic E-state index is 13.1. The predicted molar refractivity (Wildman–Crippen MR) is 112 cm³/mol. The summed E-state index contributed by atoms with van der Waals surface area (Å²) in [5, 5.41) is 5.47. The number of sulfonamides is 1. The molecule has 1 saturated heterocycles. The highest BCUT2D eigenvalue weighted by molar-refractivity contribution is 7.89. The largest absolute Gasteiger partial charge is 0.355 e. The Morgan fingerprint density at radius 3 is 2.65 bits per heavy atom. The van der Waals surface area contributed by atoms with Gasteiger partial charge in [0.25, 0.3) is 0 Å². The van der Waals surface area contributed by atoms with Gasteiger partial charge in [0.1, 0.15) is 5.82 Å². The summed E-state index contributed by atoms with van der Waals surface area (Å²) in [5.74, 6) is -1.49. The number of carbonyl (C=O) groups excluding carboxylic acids is 2. The van der Waals surface area contributed by atoms with Crippen LogP contribution in [0.15, 0.2) is 53.7 Å². The molecule has 166 valence electrons. The maximum atomic E-state index is 13.1. The minimum absolute atomic E-state index is 0.000227. The molecular weight excluding hydrogens is 423 g/mol. The number of aromatic nitrogens is 1. The SMILES string of the molecule is O=C(CCNC(=O)[C@@H]1CCCN(S(=O)(=O)c2ccc(F)cc2)C1)NCc1cccnc1. The first kappa shape index (κ1) is 22.8. The van der Waals surface area contributed by atoms with E-state index in [-0.39, 0.29) is 36.2 Å². The Morgan fingerprint density at radius 1 is 1.16 bits per heavy atom. The molecule has 31 heavy (non-hydrogen) atoms. The molecule has 8 nitrogen and oxygen atoms in total. The minimum Gasteiger partial charge on any atom is -0.355 e. The lowest BCUT2D eigenvalue weighted by Gasteiger charge is -2.31. The van der Waals surface area contributed by atoms with E-state index >= 15 is 0 Å². The van der Waals surface area contributed by atoms with Gasteiger partial charge >= 0.3 is 0 Å². The lowest BCUT2D eigenvalue weighted by Crippen LogP contribution is -2.45. The van der Waals surface area contributed by atoms with Crippen molar-refractivity contribution >= 4 is 21.8 Å². The van der Waals surface area contributed by atoms with Gasteiger partial charge in [-0.1, -0.05) is 6.07 Å². The molecule has 1 fully saturated rings. The lowest BCUT2D eigenvalue weighted by atomic mass is 9.99. The van der Waals surface area contributed by atoms with Crippen LogP contribution in [0.1, 0.15) is 24.8 Å². The first-order valence-corrected chi connectivity index (χ1v) is 11.5. The van der Waals surface area contributed by atoms with Crippen molar-refractivity contribution in [1.29, 1.82) is 0 Å². The van der Waals surface area contributed by atoms with Crippen molar-refractivity contribution in [3.8, 4) is 0 Å². The molecule has 1 aliphatic rings. The number of nitrogens with zero attached hydrogens (tertiary/aromatic N) is 2. The minimum atomic E-state index is -3.80. The topological polar surface area (TPSA) is 108 Å². The van der Waals surface area contributed by atoms with Gasteiger partial charge in [-0.3, -0.25) is 14.6 Å². The van der Waals surface area contributed by atoms with Gasteiger partial charge in [0.05, 0.1) is 10.8 Å². The van der Waals surface area contributed by atoms with E-state index in [9.17, 15) is 22.4 Å². The summed E-state index contributed by atoms with van der Waals surface area (Å²) in [6.45, 7) is 0.886. The van der Waals surface area contributed by atoms with Crippen LogP contribution in [0.3, 0.4) is 0 Å². The van der Waals surface area contributed by atoms with Crippen LogP contribution in [0.4, 0.5) is 4.39 Å². The number of carbonyl (C=O) groups is 2. The number of benzene rings is 1. The zero-order valence-electron chi connectivity index (χ0n) is 17.0. The smallest absolute Gasteiger partial charge is 0.243 e. The van der Waals surface area contributed by atoms with Crippen molar-refractivity contribution in [3.05, 3.63) is 60.2 Å². The summed E-state index contributed by atoms with van der Waals surface area (Å²) < 4.78 is 39.9. The number of hydrogen-bond acceptors (Lipinski definition) is 5. The van der Waals surface area contributed by atoms with Gasteiger partial charge in [0.2, 0.25) is 21.8 Å². The summed E-state index contributed by atoms with van der Waals surface area (Å²) in [5.41, 5.74) is 0.879. The molecule has 3 rings (SSSR count). The quantitative estimate of drug-likeness (QED) is 0.635. The molecule has 10 heteroatoms. The molecule has 1 aliphatic heterocycles. The van der Waals surface area contributed by atoms with Gasteiger partial charge in [-0.25, -0.2) is 12.8 Å². The van der Waals surface area contributed by atoms with Crippen LogP contribution in [0.2, 0.25) is 0 Å².